The van der Waals surface area contributed by atoms with E-state index in [-0.39, 0.29) is 24.0 Å². The Morgan fingerprint density at radius 2 is 1.21 bits per heavy atom. The summed E-state index contributed by atoms with van der Waals surface area (Å²) in [7, 11) is 3.23. The minimum Gasteiger partial charge on any atom is -0.493 e. The maximum absolute atomic E-state index is 9.15. The highest BCUT2D eigenvalue weighted by Gasteiger charge is 2.41. The van der Waals surface area contributed by atoms with E-state index in [0.717, 1.165) is 11.1 Å². The molecule has 2 N–H and O–H groups in total. The van der Waals surface area contributed by atoms with Crippen LogP contribution in [0, 0.1) is 11.8 Å². The van der Waals surface area contributed by atoms with E-state index in [0.29, 0.717) is 23.0 Å². The van der Waals surface area contributed by atoms with Crippen LogP contribution in [0.5, 0.6) is 23.0 Å². The molecule has 0 spiro atoms. The Balaban J connectivity index is 1.89. The second-order valence-corrected chi connectivity index (χ2v) is 7.06. The van der Waals surface area contributed by atoms with Crippen LogP contribution in [-0.4, -0.2) is 38.0 Å². The first-order valence-electron chi connectivity index (χ1n) is 9.52. The zero-order valence-corrected chi connectivity index (χ0v) is 17.1. The standard InChI is InChI=1S/C22H28O7/c1-13-14(2)22(16-6-8-18(27-11-23)20(10-16)28-12-24)29-21(13)15-5-7-17(25-3)19(9-15)26-4/h5-10,13-14,21-24H,11-12H2,1-4H3/t13-,14+,21-,22+/m1/s1. The molecular formula is C22H28O7. The number of hydrogen-bond acceptors (Lipinski definition) is 7. The molecule has 0 radical (unpaired) electrons. The second kappa shape index (κ2) is 9.35. The smallest absolute Gasteiger partial charge is 0.186 e. The zero-order chi connectivity index (χ0) is 21.0. The second-order valence-electron chi connectivity index (χ2n) is 7.06. The average Bonchev–Trinajstić information content (AvgIpc) is 3.04. The van der Waals surface area contributed by atoms with Gasteiger partial charge in [0.2, 0.25) is 0 Å². The number of aliphatic hydroxyl groups is 2. The molecular weight excluding hydrogens is 376 g/mol. The van der Waals surface area contributed by atoms with E-state index in [1.54, 1.807) is 26.4 Å². The number of ether oxygens (including phenoxy) is 5. The van der Waals surface area contributed by atoms with Crippen molar-refractivity contribution >= 4 is 0 Å². The van der Waals surface area contributed by atoms with Gasteiger partial charge in [0.15, 0.2) is 36.6 Å². The van der Waals surface area contributed by atoms with Gasteiger partial charge in [0.05, 0.1) is 26.4 Å². The van der Waals surface area contributed by atoms with Crippen molar-refractivity contribution in [3.8, 4) is 23.0 Å². The summed E-state index contributed by atoms with van der Waals surface area (Å²) in [6, 6.07) is 11.2. The van der Waals surface area contributed by atoms with Gasteiger partial charge in [-0.15, -0.1) is 0 Å². The monoisotopic (exact) mass is 404 g/mol. The van der Waals surface area contributed by atoms with Gasteiger partial charge in [-0.05, 0) is 47.2 Å². The third-order valence-electron chi connectivity index (χ3n) is 5.55. The van der Waals surface area contributed by atoms with E-state index in [1.165, 1.54) is 0 Å². The molecule has 1 heterocycles. The quantitative estimate of drug-likeness (QED) is 0.652. The molecule has 1 aliphatic heterocycles. The summed E-state index contributed by atoms with van der Waals surface area (Å²) in [5.74, 6) is 2.56. The molecule has 3 rings (SSSR count). The molecule has 1 fully saturated rings. The van der Waals surface area contributed by atoms with Crippen LogP contribution in [0.4, 0.5) is 0 Å². The molecule has 0 unspecified atom stereocenters. The van der Waals surface area contributed by atoms with Crippen molar-refractivity contribution in [1.82, 2.24) is 0 Å². The van der Waals surface area contributed by atoms with Crippen LogP contribution < -0.4 is 18.9 Å². The van der Waals surface area contributed by atoms with E-state index in [4.69, 9.17) is 33.9 Å². The van der Waals surface area contributed by atoms with Crippen LogP contribution in [0.2, 0.25) is 0 Å². The van der Waals surface area contributed by atoms with Crippen molar-refractivity contribution in [3.05, 3.63) is 47.5 Å². The highest BCUT2D eigenvalue weighted by Crippen LogP contribution is 2.50. The summed E-state index contributed by atoms with van der Waals surface area (Å²) < 4.78 is 27.6. The van der Waals surface area contributed by atoms with Gasteiger partial charge < -0.3 is 33.9 Å². The third kappa shape index (κ3) is 4.27. The Morgan fingerprint density at radius 3 is 1.72 bits per heavy atom. The maximum atomic E-state index is 9.15. The van der Waals surface area contributed by atoms with Gasteiger partial charge in [0, 0.05) is 0 Å². The van der Waals surface area contributed by atoms with Gasteiger partial charge in [-0.2, -0.15) is 0 Å². The summed E-state index contributed by atoms with van der Waals surface area (Å²) in [6.07, 6.45) is -0.266. The van der Waals surface area contributed by atoms with E-state index >= 15 is 0 Å². The van der Waals surface area contributed by atoms with Crippen molar-refractivity contribution in [1.29, 1.82) is 0 Å². The largest absolute Gasteiger partial charge is 0.493 e. The summed E-state index contributed by atoms with van der Waals surface area (Å²) in [4.78, 5) is 0. The van der Waals surface area contributed by atoms with Crippen LogP contribution in [-0.2, 0) is 4.74 Å². The predicted molar refractivity (Wildman–Crippen MR) is 106 cm³/mol. The molecule has 2 aromatic carbocycles. The Morgan fingerprint density at radius 1 is 0.724 bits per heavy atom. The highest BCUT2D eigenvalue weighted by atomic mass is 16.6. The number of hydrogen-bond donors (Lipinski definition) is 2. The number of methoxy groups -OCH3 is 2. The molecule has 0 amide bonds. The van der Waals surface area contributed by atoms with Crippen molar-refractivity contribution < 1.29 is 33.9 Å². The van der Waals surface area contributed by atoms with Crippen molar-refractivity contribution in [2.45, 2.75) is 26.1 Å². The lowest BCUT2D eigenvalue weighted by molar-refractivity contribution is 0.0283. The average molecular weight is 404 g/mol. The first-order valence-corrected chi connectivity index (χ1v) is 9.52. The Hall–Kier alpha value is -2.48. The fraction of sp³-hybridized carbons (Fsp3) is 0.455. The first kappa shape index (κ1) is 21.2. The van der Waals surface area contributed by atoms with Crippen LogP contribution in [0.1, 0.15) is 37.2 Å². The molecule has 158 valence electrons. The minimum atomic E-state index is -0.489. The van der Waals surface area contributed by atoms with Gasteiger partial charge >= 0.3 is 0 Å². The summed E-state index contributed by atoms with van der Waals surface area (Å²) >= 11 is 0. The maximum Gasteiger partial charge on any atom is 0.186 e. The SMILES string of the molecule is COc1ccc([C@@H]2O[C@H](c3ccc(OCO)c(OCO)c3)[C@@H](C)[C@H]2C)cc1OC. The van der Waals surface area contributed by atoms with Crippen molar-refractivity contribution in [2.75, 3.05) is 27.8 Å². The van der Waals surface area contributed by atoms with Crippen LogP contribution in [0.25, 0.3) is 0 Å². The lowest BCUT2D eigenvalue weighted by Gasteiger charge is -2.19. The molecule has 7 heteroatoms. The lowest BCUT2D eigenvalue weighted by atomic mass is 9.85. The molecule has 0 aliphatic carbocycles. The molecule has 0 bridgehead atoms. The normalized spacial score (nSPS) is 23.7. The van der Waals surface area contributed by atoms with Gasteiger partial charge in [0.25, 0.3) is 0 Å². The van der Waals surface area contributed by atoms with Crippen LogP contribution in [0.15, 0.2) is 36.4 Å². The molecule has 7 nitrogen and oxygen atoms in total. The summed E-state index contributed by atoms with van der Waals surface area (Å²) in [5, 5.41) is 18.2. The number of aliphatic hydroxyl groups excluding tert-OH is 2. The van der Waals surface area contributed by atoms with Gasteiger partial charge in [0.1, 0.15) is 0 Å². The molecule has 4 atom stereocenters. The van der Waals surface area contributed by atoms with Gasteiger partial charge in [-0.3, -0.25) is 0 Å². The third-order valence-corrected chi connectivity index (χ3v) is 5.55. The molecule has 2 aromatic rings. The Bertz CT molecular complexity index is 823. The Labute approximate surface area is 170 Å². The van der Waals surface area contributed by atoms with E-state index in [9.17, 15) is 0 Å². The molecule has 1 saturated heterocycles. The van der Waals surface area contributed by atoms with Crippen LogP contribution in [0.3, 0.4) is 0 Å². The van der Waals surface area contributed by atoms with Crippen LogP contribution >= 0.6 is 0 Å². The van der Waals surface area contributed by atoms with E-state index < -0.39 is 13.6 Å². The summed E-state index contributed by atoms with van der Waals surface area (Å²) in [5.41, 5.74) is 1.94. The molecule has 0 aromatic heterocycles. The van der Waals surface area contributed by atoms with Crippen molar-refractivity contribution in [2.24, 2.45) is 11.8 Å². The Kier molecular flexibility index (Phi) is 6.84. The summed E-state index contributed by atoms with van der Waals surface area (Å²) in [6.45, 7) is 3.36. The fourth-order valence-electron chi connectivity index (χ4n) is 3.82. The first-order chi connectivity index (χ1) is 14.0. The topological polar surface area (TPSA) is 86.6 Å². The highest BCUT2D eigenvalue weighted by molar-refractivity contribution is 5.45. The lowest BCUT2D eigenvalue weighted by Crippen LogP contribution is -2.10. The zero-order valence-electron chi connectivity index (χ0n) is 17.1. The minimum absolute atomic E-state index is 0.106. The van der Waals surface area contributed by atoms with Gasteiger partial charge in [-0.1, -0.05) is 26.0 Å². The van der Waals surface area contributed by atoms with E-state index in [1.807, 2.05) is 24.3 Å². The van der Waals surface area contributed by atoms with E-state index in [2.05, 4.69) is 13.8 Å². The van der Waals surface area contributed by atoms with Gasteiger partial charge in [-0.25, -0.2) is 0 Å². The fourth-order valence-corrected chi connectivity index (χ4v) is 3.82. The number of rotatable bonds is 8. The molecule has 29 heavy (non-hydrogen) atoms. The molecule has 1 aliphatic rings. The van der Waals surface area contributed by atoms with Crippen molar-refractivity contribution in [3.63, 3.8) is 0 Å². The number of benzene rings is 2. The molecule has 0 saturated carbocycles. The predicted octanol–water partition coefficient (Wildman–Crippen LogP) is 3.45.